The summed E-state index contributed by atoms with van der Waals surface area (Å²) in [6.45, 7) is 0.879. The minimum absolute atomic E-state index is 0.439. The zero-order valence-corrected chi connectivity index (χ0v) is 6.14. The Hall–Kier alpha value is -0.780. The van der Waals surface area contributed by atoms with Gasteiger partial charge >= 0.3 is 0 Å². The van der Waals surface area contributed by atoms with Crippen molar-refractivity contribution in [2.75, 3.05) is 0 Å². The molecule has 0 spiro atoms. The van der Waals surface area contributed by atoms with Crippen LogP contribution < -0.4 is 0 Å². The van der Waals surface area contributed by atoms with E-state index in [-0.39, 0.29) is 0 Å². The van der Waals surface area contributed by atoms with E-state index < -0.39 is 0 Å². The molecule has 0 atom stereocenters. The van der Waals surface area contributed by atoms with Crippen LogP contribution in [0.1, 0.15) is 27.7 Å². The van der Waals surface area contributed by atoms with Gasteiger partial charge in [-0.15, -0.1) is 0 Å². The average molecular weight is 136 g/mol. The van der Waals surface area contributed by atoms with Gasteiger partial charge in [0.2, 0.25) is 0 Å². The molecule has 0 radical (unpaired) electrons. The first kappa shape index (κ1) is 4.95. The smallest absolute Gasteiger partial charge is 0.0234 e. The summed E-state index contributed by atoms with van der Waals surface area (Å²) in [6, 6.07) is 8.11. The van der Waals surface area contributed by atoms with Crippen LogP contribution in [0.2, 0.25) is 0 Å². The van der Waals surface area contributed by atoms with Gasteiger partial charge in [0.1, 0.15) is 0 Å². The normalized spacial score (nSPS) is 12.4. The lowest BCUT2D eigenvalue weighted by Crippen LogP contribution is -1.88. The van der Waals surface area contributed by atoms with E-state index >= 15 is 0 Å². The molecule has 1 rings (SSSR count). The second-order valence-corrected chi connectivity index (χ2v) is 2.27. The molecule has 0 N–H and O–H groups in total. The zero-order chi connectivity index (χ0) is 8.81. The highest BCUT2D eigenvalue weighted by molar-refractivity contribution is 5.26. The topological polar surface area (TPSA) is 0 Å². The van der Waals surface area contributed by atoms with Crippen molar-refractivity contribution in [2.24, 2.45) is 0 Å². The summed E-state index contributed by atoms with van der Waals surface area (Å²) in [6.07, 6.45) is 1.63. The summed E-state index contributed by atoms with van der Waals surface area (Å²) in [5, 5.41) is 0. The number of hydrogen-bond donors (Lipinski definition) is 0. The van der Waals surface area contributed by atoms with Crippen LogP contribution in [0.25, 0.3) is 0 Å². The van der Waals surface area contributed by atoms with E-state index in [0.717, 1.165) is 12.8 Å². The largest absolute Gasteiger partial charge is 0.0620 e. The van der Waals surface area contributed by atoms with Crippen LogP contribution in [-0.2, 0) is 12.8 Å². The summed E-state index contributed by atoms with van der Waals surface area (Å²) in [5.74, 6) is 0. The third-order valence-corrected chi connectivity index (χ3v) is 1.66. The van der Waals surface area contributed by atoms with E-state index in [0.29, 0.717) is 13.8 Å². The third kappa shape index (κ3) is 1.38. The Morgan fingerprint density at radius 2 is 1.60 bits per heavy atom. The van der Waals surface area contributed by atoms with Crippen molar-refractivity contribution in [3.8, 4) is 0 Å². The highest BCUT2D eigenvalue weighted by Crippen LogP contribution is 2.08. The van der Waals surface area contributed by atoms with Crippen LogP contribution >= 0.6 is 0 Å². The minimum atomic E-state index is 0.439. The summed E-state index contributed by atoms with van der Waals surface area (Å²) in [7, 11) is 0. The molecule has 0 amide bonds. The lowest BCUT2D eigenvalue weighted by molar-refractivity contribution is 1.04. The molecular formula is C10H14. The van der Waals surface area contributed by atoms with E-state index in [1.54, 1.807) is 0 Å². The van der Waals surface area contributed by atoms with E-state index in [2.05, 4.69) is 12.1 Å². The van der Waals surface area contributed by atoms with Crippen molar-refractivity contribution >= 4 is 0 Å². The molecule has 0 fully saturated rings. The molecule has 0 aliphatic carbocycles. The van der Waals surface area contributed by atoms with E-state index in [1.165, 1.54) is 11.1 Å². The Morgan fingerprint density at radius 1 is 1.10 bits per heavy atom. The maximum absolute atomic E-state index is 7.12. The van der Waals surface area contributed by atoms with Crippen LogP contribution in [0.4, 0.5) is 0 Å². The van der Waals surface area contributed by atoms with E-state index in [9.17, 15) is 0 Å². The maximum Gasteiger partial charge on any atom is 0.0234 e. The fraction of sp³-hybridized carbons (Fsp3) is 0.400. The number of benzene rings is 1. The lowest BCUT2D eigenvalue weighted by atomic mass is 10.0. The van der Waals surface area contributed by atoms with Crippen molar-refractivity contribution in [3.63, 3.8) is 0 Å². The summed E-state index contributed by atoms with van der Waals surface area (Å²) < 4.78 is 14.2. The van der Waals surface area contributed by atoms with Crippen LogP contribution in [-0.4, -0.2) is 0 Å². The molecule has 0 nitrogen and oxygen atoms in total. The monoisotopic (exact) mass is 136 g/mol. The molecule has 0 heterocycles. The maximum atomic E-state index is 7.12. The Kier molecular flexibility index (Phi) is 1.68. The lowest BCUT2D eigenvalue weighted by Gasteiger charge is -2.02. The van der Waals surface area contributed by atoms with Gasteiger partial charge in [-0.3, -0.25) is 0 Å². The highest BCUT2D eigenvalue weighted by Gasteiger charge is 1.93. The van der Waals surface area contributed by atoms with Gasteiger partial charge in [-0.2, -0.15) is 0 Å². The molecular weight excluding hydrogens is 120 g/mol. The van der Waals surface area contributed by atoms with Crippen molar-refractivity contribution in [3.05, 3.63) is 35.4 Å². The second kappa shape index (κ2) is 3.40. The molecule has 1 aromatic carbocycles. The second-order valence-electron chi connectivity index (χ2n) is 2.27. The quantitative estimate of drug-likeness (QED) is 0.586. The van der Waals surface area contributed by atoms with Crippen LogP contribution in [0, 0.1) is 0 Å². The van der Waals surface area contributed by atoms with E-state index in [1.807, 2.05) is 12.1 Å². The van der Waals surface area contributed by atoms with Gasteiger partial charge in [0, 0.05) is 2.74 Å². The van der Waals surface area contributed by atoms with Gasteiger partial charge in [-0.1, -0.05) is 38.1 Å². The average Bonchev–Trinajstić information content (AvgIpc) is 2.09. The molecule has 0 saturated heterocycles. The van der Waals surface area contributed by atoms with Gasteiger partial charge < -0.3 is 0 Å². The van der Waals surface area contributed by atoms with Gasteiger partial charge in [0.05, 0.1) is 0 Å². The molecule has 0 bridgehead atoms. The summed E-state index contributed by atoms with van der Waals surface area (Å²) >= 11 is 0. The molecule has 1 aromatic rings. The number of aryl methyl sites for hydroxylation is 2. The van der Waals surface area contributed by atoms with Crippen molar-refractivity contribution in [1.82, 2.24) is 0 Å². The first-order valence-electron chi connectivity index (χ1n) is 4.95. The molecule has 0 unspecified atom stereocenters. The SMILES string of the molecule is [2H]CCc1ccccc1CC[2H]. The molecule has 0 aliphatic heterocycles. The standard InChI is InChI=1S/C10H14/c1-3-9-7-5-6-8-10(9)4-2/h5-8H,3-4H2,1-2H3/i1D,2D. The van der Waals surface area contributed by atoms with Crippen LogP contribution in [0.3, 0.4) is 0 Å². The van der Waals surface area contributed by atoms with Crippen LogP contribution in [0.5, 0.6) is 0 Å². The molecule has 54 valence electrons. The Labute approximate surface area is 65.7 Å². The fourth-order valence-electron chi connectivity index (χ4n) is 1.05. The van der Waals surface area contributed by atoms with Crippen molar-refractivity contribution in [1.29, 1.82) is 0 Å². The highest BCUT2D eigenvalue weighted by atomic mass is 14.0. The molecule has 0 aliphatic rings. The molecule has 0 aromatic heterocycles. The fourth-order valence-corrected chi connectivity index (χ4v) is 1.05. The molecule has 10 heavy (non-hydrogen) atoms. The summed E-state index contributed by atoms with van der Waals surface area (Å²) in [5.41, 5.74) is 2.47. The number of hydrogen-bond acceptors (Lipinski definition) is 0. The Morgan fingerprint density at radius 3 is 2.00 bits per heavy atom. The van der Waals surface area contributed by atoms with Gasteiger partial charge in [-0.05, 0) is 24.0 Å². The zero-order valence-electron chi connectivity index (χ0n) is 8.14. The third-order valence-electron chi connectivity index (χ3n) is 1.66. The van der Waals surface area contributed by atoms with Crippen molar-refractivity contribution < 1.29 is 2.74 Å². The van der Waals surface area contributed by atoms with Gasteiger partial charge in [0.25, 0.3) is 0 Å². The Bertz CT molecular complexity index is 208. The van der Waals surface area contributed by atoms with Gasteiger partial charge in [0.15, 0.2) is 0 Å². The number of rotatable bonds is 2. The van der Waals surface area contributed by atoms with E-state index in [4.69, 9.17) is 2.74 Å². The molecule has 0 saturated carbocycles. The minimum Gasteiger partial charge on any atom is -0.0620 e. The summed E-state index contributed by atoms with van der Waals surface area (Å²) in [4.78, 5) is 0. The predicted molar refractivity (Wildman–Crippen MR) is 45.2 cm³/mol. The molecule has 0 heteroatoms. The van der Waals surface area contributed by atoms with Crippen molar-refractivity contribution in [2.45, 2.75) is 26.6 Å². The van der Waals surface area contributed by atoms with Gasteiger partial charge in [-0.25, -0.2) is 0 Å². The predicted octanol–water partition coefficient (Wildman–Crippen LogP) is 2.81. The first-order chi connectivity index (χ1) is 5.88. The Balaban J connectivity index is 2.77. The first-order valence-corrected chi connectivity index (χ1v) is 3.53. The van der Waals surface area contributed by atoms with Crippen LogP contribution in [0.15, 0.2) is 24.3 Å².